The van der Waals surface area contributed by atoms with Gasteiger partial charge in [-0.2, -0.15) is 0 Å². The number of esters is 1. The number of alkyl carbamates (subject to hydrolysis) is 1. The predicted molar refractivity (Wildman–Crippen MR) is 168 cm³/mol. The molecule has 0 bridgehead atoms. The second-order valence-corrected chi connectivity index (χ2v) is 13.4. The summed E-state index contributed by atoms with van der Waals surface area (Å²) in [5.41, 5.74) is -0.670. The van der Waals surface area contributed by atoms with Crippen molar-refractivity contribution in [1.82, 2.24) is 20.4 Å². The standard InChI is InChI=1S/C34H48N4O6/c1-32(2,3)36-30(41)34(18-20-37(21-19-34)23-25-14-10-8-11-15-25)38(24-26-16-12-9-13-17-26)29(40)27(22-28(39)43-7)35-31(42)44-33(4,5)6/h8-17,27H,18-24H2,1-7H3,(H,35,42)(H,36,41)/t27-/m0/s1. The number of hydrogen-bond acceptors (Lipinski definition) is 7. The number of hydrogen-bond donors (Lipinski definition) is 2. The molecule has 240 valence electrons. The van der Waals surface area contributed by atoms with Crippen molar-refractivity contribution >= 4 is 23.9 Å². The number of benzene rings is 2. The van der Waals surface area contributed by atoms with Crippen LogP contribution < -0.4 is 10.6 Å². The predicted octanol–water partition coefficient (Wildman–Crippen LogP) is 4.42. The van der Waals surface area contributed by atoms with Crippen molar-refractivity contribution in [3.8, 4) is 0 Å². The number of likely N-dealkylation sites (tertiary alicyclic amines) is 1. The van der Waals surface area contributed by atoms with Crippen molar-refractivity contribution in [2.45, 2.75) is 96.6 Å². The van der Waals surface area contributed by atoms with Gasteiger partial charge in [0.05, 0.1) is 13.5 Å². The number of amides is 3. The van der Waals surface area contributed by atoms with E-state index in [-0.39, 0.29) is 12.5 Å². The van der Waals surface area contributed by atoms with Crippen molar-refractivity contribution in [3.05, 3.63) is 71.8 Å². The Kier molecular flexibility index (Phi) is 11.6. The largest absolute Gasteiger partial charge is 0.469 e. The van der Waals surface area contributed by atoms with Gasteiger partial charge in [-0.1, -0.05) is 60.7 Å². The molecule has 0 unspecified atom stereocenters. The highest BCUT2D eigenvalue weighted by Crippen LogP contribution is 2.33. The Balaban J connectivity index is 2.04. The average molecular weight is 609 g/mol. The zero-order valence-corrected chi connectivity index (χ0v) is 27.1. The average Bonchev–Trinajstić information content (AvgIpc) is 2.95. The van der Waals surface area contributed by atoms with Crippen LogP contribution in [0.1, 0.15) is 71.9 Å². The van der Waals surface area contributed by atoms with Gasteiger partial charge < -0.3 is 25.0 Å². The molecule has 10 nitrogen and oxygen atoms in total. The maximum absolute atomic E-state index is 14.6. The molecule has 2 N–H and O–H groups in total. The summed E-state index contributed by atoms with van der Waals surface area (Å²) in [5.74, 6) is -1.52. The quantitative estimate of drug-likeness (QED) is 0.384. The Bertz CT molecular complexity index is 1260. The van der Waals surface area contributed by atoms with E-state index in [1.54, 1.807) is 25.7 Å². The lowest BCUT2D eigenvalue weighted by molar-refractivity contribution is -0.156. The molecule has 0 spiro atoms. The van der Waals surface area contributed by atoms with Gasteiger partial charge in [0, 0.05) is 31.7 Å². The first-order valence-corrected chi connectivity index (χ1v) is 15.1. The monoisotopic (exact) mass is 608 g/mol. The van der Waals surface area contributed by atoms with Gasteiger partial charge in [-0.15, -0.1) is 0 Å². The zero-order chi connectivity index (χ0) is 32.5. The van der Waals surface area contributed by atoms with E-state index in [2.05, 4.69) is 27.7 Å². The molecule has 1 fully saturated rings. The normalized spacial score (nSPS) is 15.9. The number of methoxy groups -OCH3 is 1. The molecule has 0 saturated carbocycles. The third-order valence-corrected chi connectivity index (χ3v) is 7.40. The molecule has 2 aromatic rings. The first-order chi connectivity index (χ1) is 20.6. The van der Waals surface area contributed by atoms with Crippen LogP contribution in [0, 0.1) is 0 Å². The SMILES string of the molecule is COC(=O)C[C@H](NC(=O)OC(C)(C)C)C(=O)N(Cc1ccccc1)C1(C(=O)NC(C)(C)C)CCN(Cc2ccccc2)CC1. The highest BCUT2D eigenvalue weighted by atomic mass is 16.6. The summed E-state index contributed by atoms with van der Waals surface area (Å²) >= 11 is 0. The maximum atomic E-state index is 14.6. The Morgan fingerprint density at radius 1 is 0.886 bits per heavy atom. The van der Waals surface area contributed by atoms with Crippen LogP contribution >= 0.6 is 0 Å². The topological polar surface area (TPSA) is 117 Å². The van der Waals surface area contributed by atoms with Gasteiger partial charge in [0.15, 0.2) is 0 Å². The molecule has 1 atom stereocenters. The molecule has 2 aromatic carbocycles. The van der Waals surface area contributed by atoms with Crippen molar-refractivity contribution in [2.24, 2.45) is 0 Å². The molecular weight excluding hydrogens is 560 g/mol. The minimum Gasteiger partial charge on any atom is -0.469 e. The number of nitrogens with zero attached hydrogens (tertiary/aromatic N) is 2. The molecule has 0 radical (unpaired) electrons. The van der Waals surface area contributed by atoms with Crippen LogP contribution in [0.5, 0.6) is 0 Å². The lowest BCUT2D eigenvalue weighted by atomic mass is 9.82. The second-order valence-electron chi connectivity index (χ2n) is 13.4. The zero-order valence-electron chi connectivity index (χ0n) is 27.1. The summed E-state index contributed by atoms with van der Waals surface area (Å²) in [7, 11) is 1.22. The van der Waals surface area contributed by atoms with Crippen LogP contribution in [0.2, 0.25) is 0 Å². The first kappa shape index (κ1) is 34.6. The Labute approximate surface area is 261 Å². The summed E-state index contributed by atoms with van der Waals surface area (Å²) < 4.78 is 10.3. The molecule has 0 aromatic heterocycles. The Morgan fingerprint density at radius 2 is 1.43 bits per heavy atom. The van der Waals surface area contributed by atoms with Crippen molar-refractivity contribution < 1.29 is 28.7 Å². The van der Waals surface area contributed by atoms with E-state index in [1.165, 1.54) is 7.11 Å². The Morgan fingerprint density at radius 3 is 1.93 bits per heavy atom. The molecule has 1 aliphatic rings. The molecule has 1 saturated heterocycles. The minimum atomic E-state index is -1.32. The third kappa shape index (κ3) is 10.1. The third-order valence-electron chi connectivity index (χ3n) is 7.40. The maximum Gasteiger partial charge on any atom is 0.408 e. The van der Waals surface area contributed by atoms with Gasteiger partial charge >= 0.3 is 12.1 Å². The first-order valence-electron chi connectivity index (χ1n) is 15.1. The summed E-state index contributed by atoms with van der Waals surface area (Å²) in [6.07, 6.45) is -0.544. The summed E-state index contributed by atoms with van der Waals surface area (Å²) in [6, 6.07) is 18.2. The lowest BCUT2D eigenvalue weighted by Crippen LogP contribution is -2.68. The van der Waals surface area contributed by atoms with E-state index in [9.17, 15) is 19.2 Å². The number of rotatable bonds is 10. The van der Waals surface area contributed by atoms with E-state index in [0.29, 0.717) is 25.9 Å². The number of carbonyl (C=O) groups is 4. The van der Waals surface area contributed by atoms with Gasteiger partial charge in [-0.05, 0) is 65.5 Å². The highest BCUT2D eigenvalue weighted by molar-refractivity contribution is 5.96. The summed E-state index contributed by atoms with van der Waals surface area (Å²) in [6.45, 7) is 12.8. The highest BCUT2D eigenvalue weighted by Gasteiger charge is 2.50. The molecule has 3 rings (SSSR count). The van der Waals surface area contributed by atoms with Crippen LogP contribution in [0.25, 0.3) is 0 Å². The van der Waals surface area contributed by atoms with Gasteiger partial charge in [-0.25, -0.2) is 4.79 Å². The fourth-order valence-corrected chi connectivity index (χ4v) is 5.29. The van der Waals surface area contributed by atoms with E-state index < -0.39 is 47.1 Å². The van der Waals surface area contributed by atoms with Crippen molar-refractivity contribution in [1.29, 1.82) is 0 Å². The van der Waals surface area contributed by atoms with Crippen molar-refractivity contribution in [3.63, 3.8) is 0 Å². The van der Waals surface area contributed by atoms with Crippen LogP contribution in [-0.2, 0) is 36.9 Å². The van der Waals surface area contributed by atoms with E-state index in [0.717, 1.165) is 17.7 Å². The second kappa shape index (κ2) is 14.7. The fourth-order valence-electron chi connectivity index (χ4n) is 5.29. The molecule has 10 heteroatoms. The summed E-state index contributed by atoms with van der Waals surface area (Å²) in [4.78, 5) is 58.1. The van der Waals surface area contributed by atoms with Crippen LogP contribution in [0.15, 0.2) is 60.7 Å². The molecule has 1 aliphatic heterocycles. The fraction of sp³-hybridized carbons (Fsp3) is 0.529. The van der Waals surface area contributed by atoms with E-state index in [4.69, 9.17) is 9.47 Å². The number of ether oxygens (including phenoxy) is 2. The van der Waals surface area contributed by atoms with Crippen LogP contribution in [-0.4, -0.2) is 76.6 Å². The Hall–Kier alpha value is -3.92. The van der Waals surface area contributed by atoms with Gasteiger partial charge in [0.1, 0.15) is 17.2 Å². The molecule has 3 amide bonds. The number of nitrogens with one attached hydrogen (secondary N) is 2. The molecular formula is C34H48N4O6. The number of piperidine rings is 1. The van der Waals surface area contributed by atoms with Crippen LogP contribution in [0.3, 0.4) is 0 Å². The molecule has 0 aliphatic carbocycles. The van der Waals surface area contributed by atoms with Gasteiger partial charge in [0.2, 0.25) is 11.8 Å². The number of carbonyl (C=O) groups excluding carboxylic acids is 4. The van der Waals surface area contributed by atoms with E-state index in [1.807, 2.05) is 69.3 Å². The lowest BCUT2D eigenvalue weighted by Gasteiger charge is -2.49. The molecule has 1 heterocycles. The van der Waals surface area contributed by atoms with Gasteiger partial charge in [0.25, 0.3) is 0 Å². The van der Waals surface area contributed by atoms with Crippen LogP contribution in [0.4, 0.5) is 4.79 Å². The smallest absolute Gasteiger partial charge is 0.408 e. The van der Waals surface area contributed by atoms with Crippen molar-refractivity contribution in [2.75, 3.05) is 20.2 Å². The minimum absolute atomic E-state index is 0.101. The van der Waals surface area contributed by atoms with Gasteiger partial charge in [-0.3, -0.25) is 19.3 Å². The van der Waals surface area contributed by atoms with E-state index >= 15 is 0 Å². The summed E-state index contributed by atoms with van der Waals surface area (Å²) in [5, 5.41) is 5.72. The molecule has 44 heavy (non-hydrogen) atoms.